The summed E-state index contributed by atoms with van der Waals surface area (Å²) in [6, 6.07) is 14.7. The van der Waals surface area contributed by atoms with Gasteiger partial charge in [-0.05, 0) is 23.3 Å². The number of nitrogens with zero attached hydrogens (tertiary/aromatic N) is 4. The number of thioether (sulfide) groups is 1. The highest BCUT2D eigenvalue weighted by Gasteiger charge is 2.34. The van der Waals surface area contributed by atoms with Crippen LogP contribution in [0.4, 0.5) is 13.2 Å². The van der Waals surface area contributed by atoms with E-state index < -0.39 is 11.7 Å². The average Bonchev–Trinajstić information content (AvgIpc) is 3.29. The molecule has 5 nitrogen and oxygen atoms in total. The Labute approximate surface area is 169 Å². The monoisotopic (exact) mass is 418 g/mol. The Morgan fingerprint density at radius 2 is 1.69 bits per heavy atom. The Hall–Kier alpha value is -2.81. The first-order chi connectivity index (χ1) is 13.9. The van der Waals surface area contributed by atoms with Gasteiger partial charge < -0.3 is 4.90 Å². The van der Waals surface area contributed by atoms with Crippen LogP contribution in [0, 0.1) is 0 Å². The molecular weight excluding hydrogens is 401 g/mol. The summed E-state index contributed by atoms with van der Waals surface area (Å²) >= 11 is 1.49. The largest absolute Gasteiger partial charge is 0.416 e. The molecule has 0 unspecified atom stereocenters. The van der Waals surface area contributed by atoms with Crippen LogP contribution < -0.4 is 0 Å². The van der Waals surface area contributed by atoms with E-state index in [1.165, 1.54) is 23.9 Å². The number of aromatic nitrogens is 3. The second kappa shape index (κ2) is 7.90. The van der Waals surface area contributed by atoms with Gasteiger partial charge in [0.2, 0.25) is 5.91 Å². The minimum absolute atomic E-state index is 0.0427. The van der Waals surface area contributed by atoms with E-state index in [1.54, 1.807) is 15.8 Å². The maximum atomic E-state index is 12.7. The van der Waals surface area contributed by atoms with Crippen LogP contribution >= 0.6 is 11.8 Å². The van der Waals surface area contributed by atoms with Gasteiger partial charge in [-0.3, -0.25) is 4.79 Å². The van der Waals surface area contributed by atoms with Crippen molar-refractivity contribution in [3.8, 4) is 0 Å². The Balaban J connectivity index is 1.47. The maximum Gasteiger partial charge on any atom is 0.416 e. The molecule has 1 fully saturated rings. The molecule has 0 radical (unpaired) electrons. The van der Waals surface area contributed by atoms with Gasteiger partial charge in [0.05, 0.1) is 24.1 Å². The lowest BCUT2D eigenvalue weighted by Crippen LogP contribution is -2.27. The first kappa shape index (κ1) is 19.5. The first-order valence-electron chi connectivity index (χ1n) is 8.91. The molecule has 0 bridgehead atoms. The van der Waals surface area contributed by atoms with Crippen molar-refractivity contribution in [2.24, 2.45) is 0 Å². The number of halogens is 3. The van der Waals surface area contributed by atoms with Crippen LogP contribution in [-0.4, -0.2) is 31.6 Å². The second-order valence-electron chi connectivity index (χ2n) is 6.71. The fourth-order valence-corrected chi connectivity index (χ4v) is 4.26. The molecule has 1 aliphatic heterocycles. The highest BCUT2D eigenvalue weighted by atomic mass is 32.2. The third-order valence-electron chi connectivity index (χ3n) is 4.60. The van der Waals surface area contributed by atoms with Crippen molar-refractivity contribution < 1.29 is 18.0 Å². The van der Waals surface area contributed by atoms with Crippen molar-refractivity contribution in [2.45, 2.75) is 24.6 Å². The molecule has 1 aromatic heterocycles. The summed E-state index contributed by atoms with van der Waals surface area (Å²) < 4.78 is 39.6. The summed E-state index contributed by atoms with van der Waals surface area (Å²) in [5, 5.41) is 8.05. The number of alkyl halides is 3. The van der Waals surface area contributed by atoms with Gasteiger partial charge in [-0.1, -0.05) is 47.7 Å². The van der Waals surface area contributed by atoms with Gasteiger partial charge in [0.1, 0.15) is 11.1 Å². The quantitative estimate of drug-likeness (QED) is 0.626. The van der Waals surface area contributed by atoms with Crippen LogP contribution in [0.3, 0.4) is 0 Å². The van der Waals surface area contributed by atoms with Crippen molar-refractivity contribution in [3.05, 3.63) is 83.2 Å². The van der Waals surface area contributed by atoms with Crippen LogP contribution in [-0.2, 0) is 24.1 Å². The topological polar surface area (TPSA) is 51.0 Å². The van der Waals surface area contributed by atoms with Gasteiger partial charge in [0.25, 0.3) is 0 Å². The minimum Gasteiger partial charge on any atom is -0.320 e. The lowest BCUT2D eigenvalue weighted by atomic mass is 10.1. The van der Waals surface area contributed by atoms with Gasteiger partial charge in [0.15, 0.2) is 0 Å². The Morgan fingerprint density at radius 3 is 2.38 bits per heavy atom. The number of carbonyl (C=O) groups is 1. The predicted molar refractivity (Wildman–Crippen MR) is 103 cm³/mol. The Bertz CT molecular complexity index is 989. The Morgan fingerprint density at radius 1 is 1.00 bits per heavy atom. The zero-order valence-corrected chi connectivity index (χ0v) is 16.0. The Kier molecular flexibility index (Phi) is 5.31. The van der Waals surface area contributed by atoms with Crippen molar-refractivity contribution >= 4 is 17.7 Å². The van der Waals surface area contributed by atoms with E-state index in [4.69, 9.17) is 0 Å². The van der Waals surface area contributed by atoms with E-state index in [0.717, 1.165) is 17.7 Å². The molecule has 0 spiro atoms. The molecule has 0 saturated carbocycles. The van der Waals surface area contributed by atoms with Crippen LogP contribution in [0.1, 0.15) is 27.8 Å². The van der Waals surface area contributed by atoms with Gasteiger partial charge >= 0.3 is 6.18 Å². The molecule has 4 rings (SSSR count). The second-order valence-corrected chi connectivity index (χ2v) is 7.77. The lowest BCUT2D eigenvalue weighted by molar-refractivity contribution is -0.137. The van der Waals surface area contributed by atoms with E-state index >= 15 is 0 Å². The highest BCUT2D eigenvalue weighted by molar-refractivity contribution is 8.00. The van der Waals surface area contributed by atoms with Gasteiger partial charge in [-0.2, -0.15) is 13.2 Å². The number of hydrogen-bond donors (Lipinski definition) is 0. The first-order valence-corrected chi connectivity index (χ1v) is 9.96. The minimum atomic E-state index is -4.35. The van der Waals surface area contributed by atoms with E-state index in [9.17, 15) is 18.0 Å². The summed E-state index contributed by atoms with van der Waals surface area (Å²) in [6.07, 6.45) is -2.61. The van der Waals surface area contributed by atoms with Crippen molar-refractivity contribution in [3.63, 3.8) is 0 Å². The summed E-state index contributed by atoms with van der Waals surface area (Å²) in [5.74, 6) is 0.421. The van der Waals surface area contributed by atoms with E-state index in [0.29, 0.717) is 30.1 Å². The molecule has 2 aromatic carbocycles. The molecule has 1 aliphatic rings. The predicted octanol–water partition coefficient (Wildman–Crippen LogP) is 4.12. The molecule has 1 saturated heterocycles. The number of hydrogen-bond acceptors (Lipinski definition) is 4. The molecule has 0 N–H and O–H groups in total. The molecule has 150 valence electrons. The van der Waals surface area contributed by atoms with E-state index in [2.05, 4.69) is 10.3 Å². The zero-order valence-electron chi connectivity index (χ0n) is 15.2. The van der Waals surface area contributed by atoms with Crippen LogP contribution in [0.25, 0.3) is 0 Å². The highest BCUT2D eigenvalue weighted by Crippen LogP contribution is 2.38. The number of amides is 1. The van der Waals surface area contributed by atoms with E-state index in [1.807, 2.05) is 30.3 Å². The third-order valence-corrected chi connectivity index (χ3v) is 5.82. The molecule has 1 amide bonds. The zero-order chi connectivity index (χ0) is 20.4. The summed E-state index contributed by atoms with van der Waals surface area (Å²) in [5.41, 5.74) is 1.69. The summed E-state index contributed by atoms with van der Waals surface area (Å²) in [7, 11) is 0. The normalized spacial score (nSPS) is 17.1. The molecule has 9 heteroatoms. The van der Waals surface area contributed by atoms with Gasteiger partial charge in [-0.15, -0.1) is 16.9 Å². The van der Waals surface area contributed by atoms with Crippen molar-refractivity contribution in [1.29, 1.82) is 0 Å². The number of benzene rings is 2. The third kappa shape index (κ3) is 4.45. The summed E-state index contributed by atoms with van der Waals surface area (Å²) in [4.78, 5) is 14.1. The van der Waals surface area contributed by atoms with Gasteiger partial charge in [0, 0.05) is 6.54 Å². The summed E-state index contributed by atoms with van der Waals surface area (Å²) in [6.45, 7) is 0.790. The maximum absolute atomic E-state index is 12.7. The molecule has 2 heterocycles. The number of carbonyl (C=O) groups excluding carboxylic acids is 1. The van der Waals surface area contributed by atoms with Crippen LogP contribution in [0.15, 0.2) is 60.8 Å². The van der Waals surface area contributed by atoms with Gasteiger partial charge in [-0.25, -0.2) is 4.68 Å². The average molecular weight is 418 g/mol. The molecule has 0 aliphatic carbocycles. The SMILES string of the molecule is O=C1CS[C@@H](c2cn(Cc3ccc(C(F)(F)F)cc3)nn2)N1Cc1ccccc1. The number of rotatable bonds is 5. The smallest absolute Gasteiger partial charge is 0.320 e. The van der Waals surface area contributed by atoms with Crippen LogP contribution in [0.2, 0.25) is 0 Å². The standard InChI is InChI=1S/C20H17F3N4OS/c21-20(22,23)16-8-6-15(7-9-16)10-26-12-17(24-25-26)19-27(18(28)13-29-19)11-14-4-2-1-3-5-14/h1-9,12,19H,10-11,13H2/t19-/m0/s1. The fourth-order valence-electron chi connectivity index (χ4n) is 3.14. The fraction of sp³-hybridized carbons (Fsp3) is 0.250. The van der Waals surface area contributed by atoms with Crippen LogP contribution in [0.5, 0.6) is 0 Å². The molecule has 3 aromatic rings. The molecule has 1 atom stereocenters. The lowest BCUT2D eigenvalue weighted by Gasteiger charge is -2.22. The molecule has 29 heavy (non-hydrogen) atoms. The van der Waals surface area contributed by atoms with E-state index in [-0.39, 0.29) is 11.3 Å². The molecular formula is C20H17F3N4OS. The van der Waals surface area contributed by atoms with Crippen molar-refractivity contribution in [2.75, 3.05) is 5.75 Å². The van der Waals surface area contributed by atoms with Crippen molar-refractivity contribution in [1.82, 2.24) is 19.9 Å².